The van der Waals surface area contributed by atoms with Gasteiger partial charge in [-0.3, -0.25) is 0 Å². The average molecular weight is 295 g/mol. The zero-order chi connectivity index (χ0) is 14.8. The van der Waals surface area contributed by atoms with Crippen LogP contribution < -0.4 is 5.73 Å². The standard InChI is InChI=1S/C18H33NO2/c1-2-4-15-5-10-18(14-19,11-6-15)21-16-7-12-20-17(13-16)8-3-9-17/h15-16H,2-14,19H2,1H3. The molecule has 1 aliphatic heterocycles. The summed E-state index contributed by atoms with van der Waals surface area (Å²) in [4.78, 5) is 0. The molecule has 1 heterocycles. The van der Waals surface area contributed by atoms with E-state index in [1.54, 1.807) is 0 Å². The van der Waals surface area contributed by atoms with E-state index >= 15 is 0 Å². The lowest BCUT2D eigenvalue weighted by Gasteiger charge is -2.49. The van der Waals surface area contributed by atoms with E-state index in [1.807, 2.05) is 0 Å². The van der Waals surface area contributed by atoms with E-state index < -0.39 is 0 Å². The van der Waals surface area contributed by atoms with Gasteiger partial charge in [-0.2, -0.15) is 0 Å². The van der Waals surface area contributed by atoms with E-state index in [4.69, 9.17) is 15.2 Å². The summed E-state index contributed by atoms with van der Waals surface area (Å²) in [6.45, 7) is 3.86. The molecule has 3 rings (SSSR count). The molecule has 3 aliphatic rings. The first kappa shape index (κ1) is 15.8. The van der Waals surface area contributed by atoms with Crippen LogP contribution in [0.3, 0.4) is 0 Å². The molecule has 2 N–H and O–H groups in total. The molecule has 1 saturated heterocycles. The first-order chi connectivity index (χ1) is 10.2. The first-order valence-corrected chi connectivity index (χ1v) is 9.21. The van der Waals surface area contributed by atoms with Crippen LogP contribution in [0.25, 0.3) is 0 Å². The van der Waals surface area contributed by atoms with Crippen LogP contribution in [0.5, 0.6) is 0 Å². The van der Waals surface area contributed by atoms with Crippen LogP contribution in [0, 0.1) is 5.92 Å². The lowest BCUT2D eigenvalue weighted by Crippen LogP contribution is -2.52. The average Bonchev–Trinajstić information content (AvgIpc) is 2.48. The van der Waals surface area contributed by atoms with Crippen molar-refractivity contribution in [3.8, 4) is 0 Å². The lowest BCUT2D eigenvalue weighted by atomic mass is 9.73. The van der Waals surface area contributed by atoms with Gasteiger partial charge in [0.2, 0.25) is 0 Å². The third-order valence-electron chi connectivity index (χ3n) is 6.21. The molecule has 2 saturated carbocycles. The Kier molecular flexibility index (Phi) is 4.92. The molecule has 0 aromatic rings. The van der Waals surface area contributed by atoms with Crippen molar-refractivity contribution in [2.45, 2.75) is 94.9 Å². The van der Waals surface area contributed by atoms with E-state index in [-0.39, 0.29) is 11.2 Å². The number of hydrogen-bond acceptors (Lipinski definition) is 3. The quantitative estimate of drug-likeness (QED) is 0.839. The van der Waals surface area contributed by atoms with Crippen molar-refractivity contribution in [2.24, 2.45) is 11.7 Å². The fraction of sp³-hybridized carbons (Fsp3) is 1.00. The van der Waals surface area contributed by atoms with Crippen molar-refractivity contribution in [3.05, 3.63) is 0 Å². The predicted octanol–water partition coefficient (Wildman–Crippen LogP) is 3.79. The highest BCUT2D eigenvalue weighted by molar-refractivity contribution is 4.96. The van der Waals surface area contributed by atoms with Gasteiger partial charge in [-0.25, -0.2) is 0 Å². The molecule has 1 atom stereocenters. The van der Waals surface area contributed by atoms with Gasteiger partial charge in [-0.05, 0) is 57.3 Å². The van der Waals surface area contributed by atoms with Crippen LogP contribution >= 0.6 is 0 Å². The molecule has 1 spiro atoms. The van der Waals surface area contributed by atoms with Gasteiger partial charge >= 0.3 is 0 Å². The maximum atomic E-state index is 6.62. The first-order valence-electron chi connectivity index (χ1n) is 9.21. The third-order valence-corrected chi connectivity index (χ3v) is 6.21. The largest absolute Gasteiger partial charge is 0.375 e. The summed E-state index contributed by atoms with van der Waals surface area (Å²) < 4.78 is 12.6. The Bertz CT molecular complexity index is 332. The molecule has 0 amide bonds. The Hall–Kier alpha value is -0.120. The van der Waals surface area contributed by atoms with Gasteiger partial charge in [0.15, 0.2) is 0 Å². The highest BCUT2D eigenvalue weighted by Crippen LogP contribution is 2.45. The predicted molar refractivity (Wildman–Crippen MR) is 85.3 cm³/mol. The third kappa shape index (κ3) is 3.46. The number of rotatable bonds is 5. The van der Waals surface area contributed by atoms with E-state index in [0.29, 0.717) is 12.6 Å². The molecule has 0 aromatic carbocycles. The molecule has 2 aliphatic carbocycles. The highest BCUT2D eigenvalue weighted by Gasteiger charge is 2.45. The molecule has 21 heavy (non-hydrogen) atoms. The lowest BCUT2D eigenvalue weighted by molar-refractivity contribution is -0.203. The van der Waals surface area contributed by atoms with Crippen molar-refractivity contribution in [2.75, 3.05) is 13.2 Å². The molecular weight excluding hydrogens is 262 g/mol. The van der Waals surface area contributed by atoms with Crippen LogP contribution in [0.2, 0.25) is 0 Å². The molecule has 0 aromatic heterocycles. The number of nitrogens with two attached hydrogens (primary N) is 1. The van der Waals surface area contributed by atoms with Gasteiger partial charge in [0.05, 0.1) is 17.3 Å². The Morgan fingerprint density at radius 3 is 2.48 bits per heavy atom. The van der Waals surface area contributed by atoms with Crippen LogP contribution in [-0.2, 0) is 9.47 Å². The fourth-order valence-electron chi connectivity index (χ4n) is 4.63. The van der Waals surface area contributed by atoms with E-state index in [1.165, 1.54) is 57.8 Å². The van der Waals surface area contributed by atoms with Crippen molar-refractivity contribution in [3.63, 3.8) is 0 Å². The zero-order valence-electron chi connectivity index (χ0n) is 13.7. The van der Waals surface area contributed by atoms with Crippen LogP contribution in [0.4, 0.5) is 0 Å². The maximum absolute atomic E-state index is 6.62. The minimum Gasteiger partial charge on any atom is -0.375 e. The summed E-state index contributed by atoms with van der Waals surface area (Å²) >= 11 is 0. The maximum Gasteiger partial charge on any atom is 0.0808 e. The van der Waals surface area contributed by atoms with E-state index in [0.717, 1.165) is 25.4 Å². The molecule has 3 nitrogen and oxygen atoms in total. The minimum absolute atomic E-state index is 0.0306. The van der Waals surface area contributed by atoms with Gasteiger partial charge in [0.25, 0.3) is 0 Å². The van der Waals surface area contributed by atoms with E-state index in [9.17, 15) is 0 Å². The van der Waals surface area contributed by atoms with Gasteiger partial charge in [-0.15, -0.1) is 0 Å². The second kappa shape index (κ2) is 6.55. The van der Waals surface area contributed by atoms with Crippen LogP contribution in [0.15, 0.2) is 0 Å². The van der Waals surface area contributed by atoms with Crippen molar-refractivity contribution in [1.29, 1.82) is 0 Å². The second-order valence-electron chi connectivity index (χ2n) is 7.74. The molecule has 122 valence electrons. The Morgan fingerprint density at radius 2 is 1.90 bits per heavy atom. The topological polar surface area (TPSA) is 44.5 Å². The van der Waals surface area contributed by atoms with Crippen molar-refractivity contribution in [1.82, 2.24) is 0 Å². The summed E-state index contributed by atoms with van der Waals surface area (Å²) in [5, 5.41) is 0. The zero-order valence-corrected chi connectivity index (χ0v) is 13.7. The Labute approximate surface area is 129 Å². The summed E-state index contributed by atoms with van der Waals surface area (Å²) in [5.74, 6) is 0.908. The van der Waals surface area contributed by atoms with Gasteiger partial charge in [0.1, 0.15) is 0 Å². The molecule has 3 heteroatoms. The number of ether oxygens (including phenoxy) is 2. The fourth-order valence-corrected chi connectivity index (χ4v) is 4.63. The van der Waals surface area contributed by atoms with Crippen molar-refractivity contribution >= 4 is 0 Å². The Morgan fingerprint density at radius 1 is 1.14 bits per heavy atom. The van der Waals surface area contributed by atoms with Gasteiger partial charge in [-0.1, -0.05) is 19.8 Å². The SMILES string of the molecule is CCCC1CCC(CN)(OC2CCOC3(CCC3)C2)CC1. The minimum atomic E-state index is -0.0306. The molecular formula is C18H33NO2. The summed E-state index contributed by atoms with van der Waals surface area (Å²) in [7, 11) is 0. The molecule has 0 bridgehead atoms. The highest BCUT2D eigenvalue weighted by atomic mass is 16.5. The summed E-state index contributed by atoms with van der Waals surface area (Å²) in [6, 6.07) is 0. The van der Waals surface area contributed by atoms with Gasteiger partial charge < -0.3 is 15.2 Å². The second-order valence-corrected chi connectivity index (χ2v) is 7.74. The Balaban J connectivity index is 1.54. The normalized spacial score (nSPS) is 39.1. The van der Waals surface area contributed by atoms with Crippen molar-refractivity contribution < 1.29 is 9.47 Å². The van der Waals surface area contributed by atoms with Crippen LogP contribution in [0.1, 0.15) is 77.6 Å². The summed E-state index contributed by atoms with van der Waals surface area (Å²) in [5.41, 5.74) is 6.28. The number of hydrogen-bond donors (Lipinski definition) is 1. The monoisotopic (exact) mass is 295 g/mol. The smallest absolute Gasteiger partial charge is 0.0808 e. The summed E-state index contributed by atoms with van der Waals surface area (Å²) in [6.07, 6.45) is 14.0. The van der Waals surface area contributed by atoms with Crippen LogP contribution in [-0.4, -0.2) is 30.5 Å². The van der Waals surface area contributed by atoms with Gasteiger partial charge in [0, 0.05) is 19.6 Å². The van der Waals surface area contributed by atoms with E-state index in [2.05, 4.69) is 6.92 Å². The molecule has 0 radical (unpaired) electrons. The molecule has 1 unspecified atom stereocenters. The molecule has 3 fully saturated rings.